The van der Waals surface area contributed by atoms with Crippen LogP contribution in [0.2, 0.25) is 0 Å². The van der Waals surface area contributed by atoms with Gasteiger partial charge in [0, 0.05) is 36.5 Å². The molecule has 0 aromatic heterocycles. The first-order valence-corrected chi connectivity index (χ1v) is 8.45. The molecule has 0 N–H and O–H groups in total. The van der Waals surface area contributed by atoms with Gasteiger partial charge in [0.2, 0.25) is 0 Å². The number of hydrogen-bond acceptors (Lipinski definition) is 2. The van der Waals surface area contributed by atoms with Gasteiger partial charge >= 0.3 is 0 Å². The van der Waals surface area contributed by atoms with Crippen molar-refractivity contribution in [3.05, 3.63) is 95.6 Å². The van der Waals surface area contributed by atoms with Crippen LogP contribution in [0.15, 0.2) is 83.9 Å². The standard InChI is InChI=1S/C23H20N2/c1-25(2)19-14-12-17(13-15-19)16-21-20-10-6-7-11-22(20)24-23(21)18-8-4-3-5-9-18/h3-16H,1-2H3. The molecule has 0 radical (unpaired) electrons. The van der Waals surface area contributed by atoms with Crippen molar-refractivity contribution in [1.29, 1.82) is 0 Å². The van der Waals surface area contributed by atoms with Crippen molar-refractivity contribution in [3.63, 3.8) is 0 Å². The summed E-state index contributed by atoms with van der Waals surface area (Å²) in [4.78, 5) is 7.00. The number of aliphatic imine (C=N–C) groups is 1. The molecule has 1 aliphatic heterocycles. The second-order valence-electron chi connectivity index (χ2n) is 6.39. The van der Waals surface area contributed by atoms with E-state index in [2.05, 4.69) is 91.8 Å². The van der Waals surface area contributed by atoms with Crippen LogP contribution in [-0.2, 0) is 0 Å². The number of rotatable bonds is 3. The summed E-state index contributed by atoms with van der Waals surface area (Å²) >= 11 is 0. The molecule has 25 heavy (non-hydrogen) atoms. The van der Waals surface area contributed by atoms with Crippen molar-refractivity contribution >= 4 is 28.7 Å². The van der Waals surface area contributed by atoms with Crippen LogP contribution >= 0.6 is 0 Å². The third kappa shape index (κ3) is 2.99. The number of anilines is 1. The van der Waals surface area contributed by atoms with E-state index in [1.807, 2.05) is 12.1 Å². The summed E-state index contributed by atoms with van der Waals surface area (Å²) in [5.41, 5.74) is 7.98. The lowest BCUT2D eigenvalue weighted by molar-refractivity contribution is 1.13. The molecule has 4 rings (SSSR count). The minimum Gasteiger partial charge on any atom is -0.378 e. The van der Waals surface area contributed by atoms with Crippen LogP contribution in [-0.4, -0.2) is 19.8 Å². The van der Waals surface area contributed by atoms with Gasteiger partial charge in [-0.15, -0.1) is 0 Å². The Bertz CT molecular complexity index is 949. The second-order valence-corrected chi connectivity index (χ2v) is 6.39. The van der Waals surface area contributed by atoms with Crippen molar-refractivity contribution in [3.8, 4) is 0 Å². The maximum atomic E-state index is 4.89. The molecule has 0 saturated carbocycles. The predicted octanol–water partition coefficient (Wildman–Crippen LogP) is 5.43. The van der Waals surface area contributed by atoms with Crippen LogP contribution in [0.25, 0.3) is 11.6 Å². The van der Waals surface area contributed by atoms with Crippen LogP contribution < -0.4 is 4.90 Å². The summed E-state index contributed by atoms with van der Waals surface area (Å²) in [5.74, 6) is 0. The Hall–Kier alpha value is -3.13. The van der Waals surface area contributed by atoms with E-state index in [9.17, 15) is 0 Å². The molecule has 2 heteroatoms. The summed E-state index contributed by atoms with van der Waals surface area (Å²) in [5, 5.41) is 0. The molecule has 2 nitrogen and oxygen atoms in total. The number of allylic oxidation sites excluding steroid dienone is 1. The molecule has 0 amide bonds. The summed E-state index contributed by atoms with van der Waals surface area (Å²) < 4.78 is 0. The molecule has 0 atom stereocenters. The van der Waals surface area contributed by atoms with E-state index < -0.39 is 0 Å². The van der Waals surface area contributed by atoms with Gasteiger partial charge in [-0.1, -0.05) is 60.7 Å². The molecule has 1 aliphatic rings. The third-order valence-electron chi connectivity index (χ3n) is 4.45. The predicted molar refractivity (Wildman–Crippen MR) is 108 cm³/mol. The molecule has 0 spiro atoms. The zero-order valence-corrected chi connectivity index (χ0v) is 14.5. The zero-order chi connectivity index (χ0) is 17.2. The SMILES string of the molecule is CN(C)c1ccc(C=C2C(c3ccccc3)=Nc3ccccc32)cc1. The van der Waals surface area contributed by atoms with E-state index in [0.29, 0.717) is 0 Å². The maximum Gasteiger partial charge on any atom is 0.0788 e. The first-order valence-electron chi connectivity index (χ1n) is 8.45. The minimum absolute atomic E-state index is 1.04. The van der Waals surface area contributed by atoms with Gasteiger partial charge in [-0.25, -0.2) is 4.99 Å². The molecule has 122 valence electrons. The lowest BCUT2D eigenvalue weighted by Crippen LogP contribution is -2.08. The van der Waals surface area contributed by atoms with E-state index in [1.165, 1.54) is 22.4 Å². The molecule has 0 unspecified atom stereocenters. The van der Waals surface area contributed by atoms with Gasteiger partial charge in [0.1, 0.15) is 0 Å². The number of benzene rings is 3. The summed E-state index contributed by atoms with van der Waals surface area (Å²) in [6.45, 7) is 0. The Morgan fingerprint density at radius 3 is 2.16 bits per heavy atom. The molecular weight excluding hydrogens is 304 g/mol. The molecule has 1 heterocycles. The van der Waals surface area contributed by atoms with Crippen LogP contribution in [0.4, 0.5) is 11.4 Å². The average molecular weight is 324 g/mol. The average Bonchev–Trinajstić information content (AvgIpc) is 3.02. The summed E-state index contributed by atoms with van der Waals surface area (Å²) in [6.07, 6.45) is 2.23. The molecule has 0 bridgehead atoms. The van der Waals surface area contributed by atoms with Crippen LogP contribution in [0.5, 0.6) is 0 Å². The second kappa shape index (κ2) is 6.40. The maximum absolute atomic E-state index is 4.89. The highest BCUT2D eigenvalue weighted by Gasteiger charge is 2.21. The van der Waals surface area contributed by atoms with Gasteiger partial charge in [0.05, 0.1) is 11.4 Å². The number of para-hydroxylation sites is 1. The molecule has 0 saturated heterocycles. The molecule has 3 aromatic rings. The normalized spacial score (nSPS) is 14.3. The monoisotopic (exact) mass is 324 g/mol. The summed E-state index contributed by atoms with van der Waals surface area (Å²) in [7, 11) is 4.11. The van der Waals surface area contributed by atoms with Crippen molar-refractivity contribution in [2.75, 3.05) is 19.0 Å². The first kappa shape index (κ1) is 15.4. The van der Waals surface area contributed by atoms with E-state index in [1.54, 1.807) is 0 Å². The Balaban J connectivity index is 1.81. The third-order valence-corrected chi connectivity index (χ3v) is 4.45. The molecule has 3 aromatic carbocycles. The number of nitrogens with zero attached hydrogens (tertiary/aromatic N) is 2. The Kier molecular flexibility index (Phi) is 3.95. The fourth-order valence-corrected chi connectivity index (χ4v) is 3.10. The fraction of sp³-hybridized carbons (Fsp3) is 0.0870. The van der Waals surface area contributed by atoms with Gasteiger partial charge in [0.15, 0.2) is 0 Å². The number of hydrogen-bond donors (Lipinski definition) is 0. The highest BCUT2D eigenvalue weighted by molar-refractivity contribution is 6.38. The first-order chi connectivity index (χ1) is 12.2. The number of fused-ring (bicyclic) bond motifs is 1. The van der Waals surface area contributed by atoms with Gasteiger partial charge in [0.25, 0.3) is 0 Å². The van der Waals surface area contributed by atoms with Crippen LogP contribution in [0.1, 0.15) is 16.7 Å². The molecule has 0 aliphatic carbocycles. The van der Waals surface area contributed by atoms with Gasteiger partial charge in [-0.2, -0.15) is 0 Å². The minimum atomic E-state index is 1.04. The Labute approximate surface area is 148 Å². The molecule has 0 fully saturated rings. The van der Waals surface area contributed by atoms with E-state index in [-0.39, 0.29) is 0 Å². The lowest BCUT2D eigenvalue weighted by atomic mass is 9.96. The van der Waals surface area contributed by atoms with Crippen molar-refractivity contribution in [2.24, 2.45) is 4.99 Å². The zero-order valence-electron chi connectivity index (χ0n) is 14.5. The van der Waals surface area contributed by atoms with E-state index in [0.717, 1.165) is 17.0 Å². The van der Waals surface area contributed by atoms with E-state index in [4.69, 9.17) is 4.99 Å². The van der Waals surface area contributed by atoms with Gasteiger partial charge in [-0.05, 0) is 29.8 Å². The van der Waals surface area contributed by atoms with Crippen molar-refractivity contribution < 1.29 is 0 Å². The van der Waals surface area contributed by atoms with Crippen LogP contribution in [0.3, 0.4) is 0 Å². The summed E-state index contributed by atoms with van der Waals surface area (Å²) in [6, 6.07) is 27.3. The van der Waals surface area contributed by atoms with E-state index >= 15 is 0 Å². The lowest BCUT2D eigenvalue weighted by Gasteiger charge is -2.12. The Morgan fingerprint density at radius 1 is 0.760 bits per heavy atom. The fourth-order valence-electron chi connectivity index (χ4n) is 3.10. The topological polar surface area (TPSA) is 15.6 Å². The van der Waals surface area contributed by atoms with Crippen molar-refractivity contribution in [2.45, 2.75) is 0 Å². The van der Waals surface area contributed by atoms with Gasteiger partial charge in [-0.3, -0.25) is 0 Å². The smallest absolute Gasteiger partial charge is 0.0788 e. The highest BCUT2D eigenvalue weighted by Crippen LogP contribution is 2.38. The Morgan fingerprint density at radius 2 is 1.44 bits per heavy atom. The highest BCUT2D eigenvalue weighted by atomic mass is 15.1. The largest absolute Gasteiger partial charge is 0.378 e. The van der Waals surface area contributed by atoms with Gasteiger partial charge < -0.3 is 4.90 Å². The van der Waals surface area contributed by atoms with Crippen molar-refractivity contribution in [1.82, 2.24) is 0 Å². The quantitative estimate of drug-likeness (QED) is 0.627. The molecular formula is C23H20N2. The van der Waals surface area contributed by atoms with Crippen LogP contribution in [0, 0.1) is 0 Å².